The van der Waals surface area contributed by atoms with E-state index in [9.17, 15) is 13.6 Å². The van der Waals surface area contributed by atoms with Gasteiger partial charge in [0.2, 0.25) is 0 Å². The zero-order valence-electron chi connectivity index (χ0n) is 13.2. The van der Waals surface area contributed by atoms with Crippen LogP contribution in [0.3, 0.4) is 0 Å². The summed E-state index contributed by atoms with van der Waals surface area (Å²) in [6.07, 6.45) is -2.68. The van der Waals surface area contributed by atoms with Crippen LogP contribution in [-0.2, 0) is 0 Å². The minimum Gasteiger partial charge on any atom is -0.321 e. The third-order valence-corrected chi connectivity index (χ3v) is 4.97. The molecule has 0 aliphatic heterocycles. The first-order chi connectivity index (χ1) is 12.0. The SMILES string of the molecule is Cc1cc(C(F)F)c(C(=O)Nc2ccccc2-c2ccc(Cl)cc2)s1. The van der Waals surface area contributed by atoms with E-state index in [0.29, 0.717) is 15.6 Å². The van der Waals surface area contributed by atoms with Crippen LogP contribution in [0.25, 0.3) is 11.1 Å². The second-order valence-electron chi connectivity index (χ2n) is 5.45. The highest BCUT2D eigenvalue weighted by Crippen LogP contribution is 2.33. The largest absolute Gasteiger partial charge is 0.321 e. The lowest BCUT2D eigenvalue weighted by Gasteiger charge is -2.11. The Bertz CT molecular complexity index is 906. The predicted molar refractivity (Wildman–Crippen MR) is 98.9 cm³/mol. The van der Waals surface area contributed by atoms with E-state index in [0.717, 1.165) is 22.5 Å². The average Bonchev–Trinajstić information content (AvgIpc) is 2.99. The number of thiophene rings is 1. The fourth-order valence-electron chi connectivity index (χ4n) is 2.53. The molecule has 128 valence electrons. The summed E-state index contributed by atoms with van der Waals surface area (Å²) in [6, 6.07) is 15.8. The number of halogens is 3. The first kappa shape index (κ1) is 17.6. The summed E-state index contributed by atoms with van der Waals surface area (Å²) in [5.74, 6) is -0.533. The molecule has 0 bridgehead atoms. The first-order valence-electron chi connectivity index (χ1n) is 7.50. The van der Waals surface area contributed by atoms with Gasteiger partial charge in [-0.05, 0) is 36.8 Å². The molecule has 0 saturated heterocycles. The van der Waals surface area contributed by atoms with Gasteiger partial charge < -0.3 is 5.32 Å². The molecular weight excluding hydrogens is 364 g/mol. The van der Waals surface area contributed by atoms with E-state index < -0.39 is 12.3 Å². The average molecular weight is 378 g/mol. The molecule has 3 rings (SSSR count). The molecule has 0 saturated carbocycles. The van der Waals surface area contributed by atoms with E-state index in [1.807, 2.05) is 24.3 Å². The molecular formula is C19H14ClF2NOS. The molecule has 0 unspecified atom stereocenters. The number of hydrogen-bond donors (Lipinski definition) is 1. The van der Waals surface area contributed by atoms with Crippen LogP contribution >= 0.6 is 22.9 Å². The lowest BCUT2D eigenvalue weighted by Crippen LogP contribution is -2.13. The number of carbonyl (C=O) groups excluding carboxylic acids is 1. The van der Waals surface area contributed by atoms with Crippen LogP contribution < -0.4 is 5.32 Å². The molecule has 1 aromatic heterocycles. The van der Waals surface area contributed by atoms with Gasteiger partial charge in [0, 0.05) is 26.7 Å². The zero-order valence-corrected chi connectivity index (χ0v) is 14.8. The minimum absolute atomic E-state index is 0.0402. The van der Waals surface area contributed by atoms with Crippen LogP contribution in [-0.4, -0.2) is 5.91 Å². The third kappa shape index (κ3) is 3.89. The molecule has 3 aromatic rings. The third-order valence-electron chi connectivity index (χ3n) is 3.66. The van der Waals surface area contributed by atoms with E-state index in [2.05, 4.69) is 5.32 Å². The molecule has 6 heteroatoms. The standard InChI is InChI=1S/C19H14ClF2NOS/c1-11-10-15(18(21)22)17(25-11)19(24)23-16-5-3-2-4-14(16)12-6-8-13(20)9-7-12/h2-10,18H,1H3,(H,23,24). The van der Waals surface area contributed by atoms with Gasteiger partial charge >= 0.3 is 0 Å². The Hall–Kier alpha value is -2.24. The van der Waals surface area contributed by atoms with Gasteiger partial charge in [0.15, 0.2) is 0 Å². The Labute approximate surface area is 153 Å². The van der Waals surface area contributed by atoms with Gasteiger partial charge in [0.1, 0.15) is 4.88 Å². The fraction of sp³-hybridized carbons (Fsp3) is 0.105. The van der Waals surface area contributed by atoms with E-state index in [1.165, 1.54) is 6.07 Å². The summed E-state index contributed by atoms with van der Waals surface area (Å²) in [4.78, 5) is 13.2. The van der Waals surface area contributed by atoms with Crippen LogP contribution in [0.1, 0.15) is 26.5 Å². The highest BCUT2D eigenvalue weighted by Gasteiger charge is 2.22. The highest BCUT2D eigenvalue weighted by atomic mass is 35.5. The van der Waals surface area contributed by atoms with Crippen LogP contribution in [0, 0.1) is 6.92 Å². The maximum Gasteiger partial charge on any atom is 0.266 e. The van der Waals surface area contributed by atoms with Crippen molar-refractivity contribution in [3.05, 3.63) is 74.9 Å². The van der Waals surface area contributed by atoms with E-state index in [1.54, 1.807) is 31.2 Å². The number of hydrogen-bond acceptors (Lipinski definition) is 2. The molecule has 0 aliphatic carbocycles. The summed E-state index contributed by atoms with van der Waals surface area (Å²) >= 11 is 6.98. The maximum atomic E-state index is 13.1. The Morgan fingerprint density at radius 3 is 2.48 bits per heavy atom. The van der Waals surface area contributed by atoms with Crippen LogP contribution in [0.4, 0.5) is 14.5 Å². The molecule has 1 heterocycles. The number of anilines is 1. The van der Waals surface area contributed by atoms with Crippen molar-refractivity contribution in [3.63, 3.8) is 0 Å². The molecule has 0 atom stereocenters. The van der Waals surface area contributed by atoms with Crippen molar-refractivity contribution in [2.24, 2.45) is 0 Å². The summed E-state index contributed by atoms with van der Waals surface area (Å²) in [5.41, 5.74) is 1.99. The second kappa shape index (κ2) is 7.33. The monoisotopic (exact) mass is 377 g/mol. The maximum absolute atomic E-state index is 13.1. The van der Waals surface area contributed by atoms with Crippen molar-refractivity contribution >= 4 is 34.5 Å². The molecule has 2 aromatic carbocycles. The molecule has 1 N–H and O–H groups in total. The highest BCUT2D eigenvalue weighted by molar-refractivity contribution is 7.14. The number of amides is 1. The van der Waals surface area contributed by atoms with Crippen LogP contribution in [0.5, 0.6) is 0 Å². The lowest BCUT2D eigenvalue weighted by molar-refractivity contribution is 0.101. The van der Waals surface area contributed by atoms with Gasteiger partial charge in [-0.15, -0.1) is 11.3 Å². The van der Waals surface area contributed by atoms with Gasteiger partial charge in [-0.2, -0.15) is 0 Å². The van der Waals surface area contributed by atoms with E-state index >= 15 is 0 Å². The number of carbonyl (C=O) groups is 1. The molecule has 0 spiro atoms. The van der Waals surface area contributed by atoms with E-state index in [-0.39, 0.29) is 10.4 Å². The Balaban J connectivity index is 1.94. The quantitative estimate of drug-likeness (QED) is 0.547. The lowest BCUT2D eigenvalue weighted by atomic mass is 10.0. The molecule has 0 fully saturated rings. The number of rotatable bonds is 4. The summed E-state index contributed by atoms with van der Waals surface area (Å²) in [6.45, 7) is 1.70. The van der Waals surface area contributed by atoms with Crippen molar-refractivity contribution in [2.75, 3.05) is 5.32 Å². The number of benzene rings is 2. The minimum atomic E-state index is -2.68. The Kier molecular flexibility index (Phi) is 5.16. The van der Waals surface area contributed by atoms with Gasteiger partial charge in [0.05, 0.1) is 0 Å². The first-order valence-corrected chi connectivity index (χ1v) is 8.70. The van der Waals surface area contributed by atoms with Gasteiger partial charge in [0.25, 0.3) is 12.3 Å². The van der Waals surface area contributed by atoms with Gasteiger partial charge in [-0.25, -0.2) is 8.78 Å². The number of nitrogens with one attached hydrogen (secondary N) is 1. The number of alkyl halides is 2. The van der Waals surface area contributed by atoms with Crippen LogP contribution in [0.2, 0.25) is 5.02 Å². The smallest absolute Gasteiger partial charge is 0.266 e. The van der Waals surface area contributed by atoms with Crippen LogP contribution in [0.15, 0.2) is 54.6 Å². The molecule has 0 radical (unpaired) electrons. The topological polar surface area (TPSA) is 29.1 Å². The predicted octanol–water partition coefficient (Wildman–Crippen LogP) is 6.57. The van der Waals surface area contributed by atoms with Gasteiger partial charge in [-0.1, -0.05) is 41.9 Å². The van der Waals surface area contributed by atoms with Gasteiger partial charge in [-0.3, -0.25) is 4.79 Å². The molecule has 1 amide bonds. The second-order valence-corrected chi connectivity index (χ2v) is 7.14. The summed E-state index contributed by atoms with van der Waals surface area (Å²) < 4.78 is 26.3. The number of para-hydroxylation sites is 1. The van der Waals surface area contributed by atoms with E-state index in [4.69, 9.17) is 11.6 Å². The number of aryl methyl sites for hydroxylation is 1. The zero-order chi connectivity index (χ0) is 18.0. The van der Waals surface area contributed by atoms with Crippen molar-refractivity contribution in [1.29, 1.82) is 0 Å². The summed E-state index contributed by atoms with van der Waals surface area (Å²) in [5, 5.41) is 3.37. The van der Waals surface area contributed by atoms with Crippen molar-refractivity contribution < 1.29 is 13.6 Å². The van der Waals surface area contributed by atoms with Crippen molar-refractivity contribution in [1.82, 2.24) is 0 Å². The van der Waals surface area contributed by atoms with Crippen molar-refractivity contribution in [2.45, 2.75) is 13.3 Å². The normalized spacial score (nSPS) is 10.9. The fourth-order valence-corrected chi connectivity index (χ4v) is 3.57. The van der Waals surface area contributed by atoms with Crippen molar-refractivity contribution in [3.8, 4) is 11.1 Å². The summed E-state index contributed by atoms with van der Waals surface area (Å²) in [7, 11) is 0. The Morgan fingerprint density at radius 1 is 1.12 bits per heavy atom. The molecule has 2 nitrogen and oxygen atoms in total. The molecule has 0 aliphatic rings. The molecule has 25 heavy (non-hydrogen) atoms. The Morgan fingerprint density at radius 2 is 1.80 bits per heavy atom.